The van der Waals surface area contributed by atoms with Crippen LogP contribution in [-0.4, -0.2) is 154 Å². The van der Waals surface area contributed by atoms with Crippen LogP contribution in [0.4, 0.5) is 0 Å². The number of carbonyl (C=O) groups is 3. The first kappa shape index (κ1) is 52.9. The molecule has 5 heterocycles. The number of fused-ring (bicyclic) bond motifs is 6. The average Bonchev–Trinajstić information content (AvgIpc) is 3.27. The number of cyclic esters (lactones) is 1. The molecule has 0 amide bonds. The Kier molecular flexibility index (Phi) is 16.8. The molecule has 4 saturated heterocycles. The molecular weight excluding hydrogens is 865 g/mol. The van der Waals surface area contributed by atoms with Gasteiger partial charge in [0, 0.05) is 48.7 Å². The lowest BCUT2D eigenvalue weighted by molar-refractivity contribution is -0.319. The van der Waals surface area contributed by atoms with Crippen molar-refractivity contribution in [3.05, 3.63) is 47.7 Å². The van der Waals surface area contributed by atoms with Crippen molar-refractivity contribution < 1.29 is 67.6 Å². The lowest BCUT2D eigenvalue weighted by Crippen LogP contribution is -2.61. The van der Waals surface area contributed by atoms with Gasteiger partial charge >= 0.3 is 11.9 Å². The molecule has 0 radical (unpaired) electrons. The van der Waals surface area contributed by atoms with E-state index in [1.807, 2.05) is 83.1 Å². The van der Waals surface area contributed by atoms with Gasteiger partial charge in [0.1, 0.15) is 29.2 Å². The standard InChI is InChI=1S/C51H76N2O14/c1-14-39-51(11,59)45-29(4)41(55)27(2)22-50(10,61-26-35(25-60-45)20-34-21-36-17-15-16-18-37(36)52-24-34)44(67-48-42(56)38(53(12)13)19-28(3)62-48)30(5)43(31(6)47(57)65-39)66-40-23-49(9,58)46(32(7)63-40)64-33(8)54/h15-18,20-21,24,27-32,38-40,42-46,48,56,58-59H,14,19,22-23,25-26H2,1-13H3/b35-20-/t27-,28-,29-,30+,31-,32+,38+,39+,40+,42-,43+,44-,45+,46+,48+,49-,50-,51-/m1/s1. The molecule has 4 aliphatic rings. The van der Waals surface area contributed by atoms with Gasteiger partial charge in [0.2, 0.25) is 0 Å². The molecule has 4 aliphatic heterocycles. The quantitative estimate of drug-likeness (QED) is 0.284. The van der Waals surface area contributed by atoms with Gasteiger partial charge in [0.25, 0.3) is 0 Å². The number of ketones is 1. The van der Waals surface area contributed by atoms with Crippen molar-refractivity contribution in [1.29, 1.82) is 0 Å². The Labute approximate surface area is 395 Å². The number of ether oxygens (including phenoxy) is 8. The van der Waals surface area contributed by atoms with E-state index in [1.54, 1.807) is 33.9 Å². The number of likely N-dealkylation sites (N-methyl/N-ethyl adjacent to an activating group) is 1. The number of para-hydroxylation sites is 1. The van der Waals surface area contributed by atoms with Crippen molar-refractivity contribution in [1.82, 2.24) is 9.88 Å². The Morgan fingerprint density at radius 3 is 2.31 bits per heavy atom. The number of Topliss-reactive ketones (excluding diaryl/α,β-unsaturated/α-hetero) is 1. The fraction of sp³-hybridized carbons (Fsp3) is 0.725. The first-order valence-electron chi connectivity index (χ1n) is 24.0. The second-order valence-electron chi connectivity index (χ2n) is 20.7. The highest BCUT2D eigenvalue weighted by Crippen LogP contribution is 2.43. The molecule has 1 aromatic heterocycles. The molecule has 0 unspecified atom stereocenters. The zero-order chi connectivity index (χ0) is 49.3. The van der Waals surface area contributed by atoms with Gasteiger partial charge < -0.3 is 58.1 Å². The Hall–Kier alpha value is -3.42. The third-order valence-electron chi connectivity index (χ3n) is 14.6. The van der Waals surface area contributed by atoms with Crippen LogP contribution in [0.5, 0.6) is 0 Å². The number of rotatable bonds is 8. The zero-order valence-corrected chi connectivity index (χ0v) is 41.7. The number of aromatic nitrogens is 1. The van der Waals surface area contributed by atoms with E-state index in [1.165, 1.54) is 20.8 Å². The van der Waals surface area contributed by atoms with E-state index in [-0.39, 0.29) is 50.4 Å². The summed E-state index contributed by atoms with van der Waals surface area (Å²) < 4.78 is 52.4. The minimum Gasteiger partial charge on any atom is -0.459 e. The van der Waals surface area contributed by atoms with Crippen LogP contribution in [0.2, 0.25) is 0 Å². The lowest BCUT2D eigenvalue weighted by Gasteiger charge is -2.50. The van der Waals surface area contributed by atoms with Crippen molar-refractivity contribution in [2.75, 3.05) is 27.3 Å². The van der Waals surface area contributed by atoms with E-state index >= 15 is 0 Å². The lowest BCUT2D eigenvalue weighted by atomic mass is 9.73. The second kappa shape index (κ2) is 21.3. The van der Waals surface area contributed by atoms with Crippen LogP contribution < -0.4 is 0 Å². The van der Waals surface area contributed by atoms with Crippen molar-refractivity contribution in [3.63, 3.8) is 0 Å². The van der Waals surface area contributed by atoms with Crippen LogP contribution in [0, 0.1) is 23.7 Å². The van der Waals surface area contributed by atoms with Crippen molar-refractivity contribution in [3.8, 4) is 0 Å². The van der Waals surface area contributed by atoms with Gasteiger partial charge in [-0.15, -0.1) is 0 Å². The van der Waals surface area contributed by atoms with Crippen molar-refractivity contribution in [2.45, 2.75) is 186 Å². The molecule has 0 spiro atoms. The molecule has 0 aliphatic carbocycles. The van der Waals surface area contributed by atoms with E-state index in [2.05, 4.69) is 4.98 Å². The summed E-state index contributed by atoms with van der Waals surface area (Å²) in [5.74, 6) is -4.98. The van der Waals surface area contributed by atoms with Crippen LogP contribution in [0.25, 0.3) is 17.0 Å². The molecule has 374 valence electrons. The van der Waals surface area contributed by atoms with Gasteiger partial charge in [0.05, 0.1) is 60.8 Å². The number of carbonyl (C=O) groups excluding carboxylic acids is 3. The highest BCUT2D eigenvalue weighted by molar-refractivity contribution is 5.84. The van der Waals surface area contributed by atoms with E-state index in [0.29, 0.717) is 12.0 Å². The SMILES string of the molecule is CC[C@@H]1OC(=O)[C@H](C)[C@@H](O[C@H]2C[C@@](C)(O)[C@@H](OC(C)=O)[C@H](C)O2)[C@H](C)[C@@H](O[C@@H]2O[C@H](C)C[C@H](N(C)C)[C@H]2O)[C@@]2(C)C[C@@H](C)C(=O)[C@@H](C)[C@H](OC/C(=C/c3cnc4ccccc4c3)CO2)[C@]1(C)O. The first-order chi connectivity index (χ1) is 31.4. The molecule has 4 fully saturated rings. The highest BCUT2D eigenvalue weighted by Gasteiger charge is 2.55. The molecule has 2 bridgehead atoms. The fourth-order valence-corrected chi connectivity index (χ4v) is 11.0. The highest BCUT2D eigenvalue weighted by atomic mass is 16.7. The van der Waals surface area contributed by atoms with Crippen LogP contribution in [0.1, 0.15) is 107 Å². The van der Waals surface area contributed by atoms with Gasteiger partial charge in [-0.2, -0.15) is 0 Å². The van der Waals surface area contributed by atoms with Crippen LogP contribution in [0.3, 0.4) is 0 Å². The molecule has 0 saturated carbocycles. The molecule has 16 nitrogen and oxygen atoms in total. The summed E-state index contributed by atoms with van der Waals surface area (Å²) in [5.41, 5.74) is -2.59. The maximum absolute atomic E-state index is 14.8. The normalized spacial score (nSPS) is 42.4. The van der Waals surface area contributed by atoms with Crippen LogP contribution in [0.15, 0.2) is 42.1 Å². The Morgan fingerprint density at radius 1 is 0.955 bits per heavy atom. The zero-order valence-electron chi connectivity index (χ0n) is 41.7. The Balaban J connectivity index is 1.54. The number of aliphatic hydroxyl groups excluding tert-OH is 1. The van der Waals surface area contributed by atoms with E-state index in [4.69, 9.17) is 37.9 Å². The largest absolute Gasteiger partial charge is 0.459 e. The molecule has 1 aromatic carbocycles. The molecule has 3 N–H and O–H groups in total. The molecule has 2 aromatic rings. The van der Waals surface area contributed by atoms with E-state index in [0.717, 1.165) is 16.5 Å². The number of hydrogen-bond acceptors (Lipinski definition) is 16. The Morgan fingerprint density at radius 2 is 1.66 bits per heavy atom. The Bertz CT molecular complexity index is 2080. The van der Waals surface area contributed by atoms with Gasteiger partial charge in [0.15, 0.2) is 18.7 Å². The van der Waals surface area contributed by atoms with Crippen LogP contribution in [-0.2, 0) is 52.3 Å². The summed E-state index contributed by atoms with van der Waals surface area (Å²) in [5, 5.41) is 37.3. The topological polar surface area (TPSA) is 202 Å². The molecule has 18 atom stereocenters. The third-order valence-corrected chi connectivity index (χ3v) is 14.6. The van der Waals surface area contributed by atoms with Gasteiger partial charge in [-0.1, -0.05) is 45.9 Å². The summed E-state index contributed by atoms with van der Waals surface area (Å²) in [6.45, 7) is 18.5. The second-order valence-corrected chi connectivity index (χ2v) is 20.7. The van der Waals surface area contributed by atoms with E-state index < -0.39 is 108 Å². The average molecular weight is 941 g/mol. The summed E-state index contributed by atoms with van der Waals surface area (Å²) in [4.78, 5) is 48.3. The number of esters is 2. The maximum atomic E-state index is 14.8. The van der Waals surface area contributed by atoms with Gasteiger partial charge in [-0.3, -0.25) is 19.4 Å². The van der Waals surface area contributed by atoms with E-state index in [9.17, 15) is 29.7 Å². The first-order valence-corrected chi connectivity index (χ1v) is 24.0. The third kappa shape index (κ3) is 11.8. The minimum atomic E-state index is -1.87. The number of hydrogen-bond donors (Lipinski definition) is 3. The predicted molar refractivity (Wildman–Crippen MR) is 248 cm³/mol. The molecule has 67 heavy (non-hydrogen) atoms. The molecule has 16 heteroatoms. The molecular formula is C51H76N2O14. The summed E-state index contributed by atoms with van der Waals surface area (Å²) in [6, 6.07) is 9.45. The van der Waals surface area contributed by atoms with Crippen molar-refractivity contribution >= 4 is 34.7 Å². The number of pyridine rings is 1. The van der Waals surface area contributed by atoms with Gasteiger partial charge in [-0.25, -0.2) is 0 Å². The number of aliphatic hydroxyl groups is 3. The smallest absolute Gasteiger partial charge is 0.311 e. The predicted octanol–water partition coefficient (Wildman–Crippen LogP) is 5.40. The number of benzene rings is 1. The fourth-order valence-electron chi connectivity index (χ4n) is 11.0. The molecule has 6 rings (SSSR count). The van der Waals surface area contributed by atoms with Gasteiger partial charge in [-0.05, 0) is 104 Å². The monoisotopic (exact) mass is 941 g/mol. The summed E-state index contributed by atoms with van der Waals surface area (Å²) in [6.07, 6.45) is -5.70. The maximum Gasteiger partial charge on any atom is 0.311 e. The minimum absolute atomic E-state index is 0.0256. The van der Waals surface area contributed by atoms with Crippen molar-refractivity contribution in [2.24, 2.45) is 23.7 Å². The number of nitrogens with zero attached hydrogens (tertiary/aromatic N) is 2. The van der Waals surface area contributed by atoms with Crippen LogP contribution >= 0.6 is 0 Å². The summed E-state index contributed by atoms with van der Waals surface area (Å²) in [7, 11) is 3.77. The summed E-state index contributed by atoms with van der Waals surface area (Å²) >= 11 is 0.